The Hall–Kier alpha value is -2.11. The summed E-state index contributed by atoms with van der Waals surface area (Å²) in [5, 5.41) is 2.92. The molecule has 1 saturated heterocycles. The largest absolute Gasteiger partial charge is 0.353 e. The molecule has 1 aromatic rings. The molecule has 2 rings (SSSR count). The topological polar surface area (TPSA) is 65.5 Å². The molecule has 1 N–H and O–H groups in total. The highest BCUT2D eigenvalue weighted by molar-refractivity contribution is 5.92. The van der Waals surface area contributed by atoms with Gasteiger partial charge in [-0.2, -0.15) is 0 Å². The zero-order valence-corrected chi connectivity index (χ0v) is 13.3. The third kappa shape index (κ3) is 3.96. The number of carbonyl (C=O) groups excluding carboxylic acids is 2. The lowest BCUT2D eigenvalue weighted by Crippen LogP contribution is -2.46. The lowest BCUT2D eigenvalue weighted by molar-refractivity contribution is -0.120. The van der Waals surface area contributed by atoms with Gasteiger partial charge in [0.05, 0.1) is 11.9 Å². The fourth-order valence-corrected chi connectivity index (χ4v) is 2.61. The second kappa shape index (κ2) is 7.77. The number of amides is 2. The molecule has 0 unspecified atom stereocenters. The van der Waals surface area contributed by atoms with Gasteiger partial charge in [-0.05, 0) is 25.0 Å². The summed E-state index contributed by atoms with van der Waals surface area (Å²) < 4.78 is 0. The van der Waals surface area contributed by atoms with E-state index in [9.17, 15) is 9.59 Å². The van der Waals surface area contributed by atoms with Crippen LogP contribution in [0, 0.1) is 5.92 Å². The SMILES string of the molecule is CCC(CC)C(=O)Nc1ccc(N2CCN(C=O)CC2)nc1. The Morgan fingerprint density at radius 2 is 1.95 bits per heavy atom. The number of nitrogens with one attached hydrogen (secondary N) is 1. The van der Waals surface area contributed by atoms with Crippen LogP contribution in [0.5, 0.6) is 0 Å². The van der Waals surface area contributed by atoms with Gasteiger partial charge < -0.3 is 15.1 Å². The first-order valence-corrected chi connectivity index (χ1v) is 7.89. The first-order chi connectivity index (χ1) is 10.7. The quantitative estimate of drug-likeness (QED) is 0.813. The van der Waals surface area contributed by atoms with E-state index in [1.165, 1.54) is 0 Å². The van der Waals surface area contributed by atoms with Crippen molar-refractivity contribution in [2.75, 3.05) is 36.4 Å². The number of piperazine rings is 1. The third-order valence-corrected chi connectivity index (χ3v) is 4.16. The van der Waals surface area contributed by atoms with Crippen molar-refractivity contribution in [2.24, 2.45) is 5.92 Å². The van der Waals surface area contributed by atoms with E-state index in [0.717, 1.165) is 56.9 Å². The summed E-state index contributed by atoms with van der Waals surface area (Å²) in [5.41, 5.74) is 0.729. The lowest BCUT2D eigenvalue weighted by Gasteiger charge is -2.33. The molecule has 0 aromatic carbocycles. The molecule has 6 heteroatoms. The fourth-order valence-electron chi connectivity index (χ4n) is 2.61. The maximum absolute atomic E-state index is 12.0. The standard InChI is InChI=1S/C16H24N4O2/c1-3-13(4-2)16(22)18-14-5-6-15(17-11-14)20-9-7-19(12-21)8-10-20/h5-6,11-13H,3-4,7-10H2,1-2H3,(H,18,22). The molecule has 1 aliphatic rings. The van der Waals surface area contributed by atoms with Crippen molar-refractivity contribution in [1.82, 2.24) is 9.88 Å². The number of carbonyl (C=O) groups is 2. The molecule has 0 radical (unpaired) electrons. The molecule has 6 nitrogen and oxygen atoms in total. The van der Waals surface area contributed by atoms with E-state index in [1.54, 1.807) is 11.1 Å². The van der Waals surface area contributed by atoms with Gasteiger partial charge in [0.15, 0.2) is 0 Å². The van der Waals surface area contributed by atoms with Gasteiger partial charge in [0.25, 0.3) is 0 Å². The van der Waals surface area contributed by atoms with E-state index < -0.39 is 0 Å². The van der Waals surface area contributed by atoms with Gasteiger partial charge in [-0.3, -0.25) is 9.59 Å². The van der Waals surface area contributed by atoms with Gasteiger partial charge >= 0.3 is 0 Å². The van der Waals surface area contributed by atoms with Crippen molar-refractivity contribution in [2.45, 2.75) is 26.7 Å². The van der Waals surface area contributed by atoms with Crippen LogP contribution in [0.1, 0.15) is 26.7 Å². The predicted molar refractivity (Wildman–Crippen MR) is 86.8 cm³/mol. The number of pyridine rings is 1. The lowest BCUT2D eigenvalue weighted by atomic mass is 10.0. The Bertz CT molecular complexity index is 491. The molecule has 0 aliphatic carbocycles. The summed E-state index contributed by atoms with van der Waals surface area (Å²) in [6.07, 6.45) is 4.27. The first-order valence-electron chi connectivity index (χ1n) is 7.89. The van der Waals surface area contributed by atoms with E-state index in [-0.39, 0.29) is 11.8 Å². The van der Waals surface area contributed by atoms with Crippen LogP contribution in [-0.4, -0.2) is 48.4 Å². The number of hydrogen-bond acceptors (Lipinski definition) is 4. The minimum absolute atomic E-state index is 0.0519. The maximum Gasteiger partial charge on any atom is 0.227 e. The molecule has 22 heavy (non-hydrogen) atoms. The van der Waals surface area contributed by atoms with Crippen LogP contribution in [0.3, 0.4) is 0 Å². The third-order valence-electron chi connectivity index (χ3n) is 4.16. The first kappa shape index (κ1) is 16.3. The van der Waals surface area contributed by atoms with Crippen LogP contribution in [-0.2, 0) is 9.59 Å². The summed E-state index contributed by atoms with van der Waals surface area (Å²) in [5.74, 6) is 0.987. The van der Waals surface area contributed by atoms with Crippen molar-refractivity contribution in [3.05, 3.63) is 18.3 Å². The van der Waals surface area contributed by atoms with E-state index >= 15 is 0 Å². The molecule has 120 valence electrons. The van der Waals surface area contributed by atoms with Crippen LogP contribution < -0.4 is 10.2 Å². The van der Waals surface area contributed by atoms with E-state index in [2.05, 4.69) is 15.2 Å². The Balaban J connectivity index is 1.93. The smallest absolute Gasteiger partial charge is 0.227 e. The van der Waals surface area contributed by atoms with Crippen molar-refractivity contribution in [3.63, 3.8) is 0 Å². The van der Waals surface area contributed by atoms with E-state index in [1.807, 2.05) is 26.0 Å². The van der Waals surface area contributed by atoms with Crippen molar-refractivity contribution in [1.29, 1.82) is 0 Å². The maximum atomic E-state index is 12.0. The van der Waals surface area contributed by atoms with Gasteiger partial charge in [0.1, 0.15) is 5.82 Å². The van der Waals surface area contributed by atoms with E-state index in [0.29, 0.717) is 0 Å². The summed E-state index contributed by atoms with van der Waals surface area (Å²) in [6.45, 7) is 7.05. The Labute approximate surface area is 131 Å². The van der Waals surface area contributed by atoms with Gasteiger partial charge in [-0.1, -0.05) is 13.8 Å². The summed E-state index contributed by atoms with van der Waals surface area (Å²) in [7, 11) is 0. The number of anilines is 2. The van der Waals surface area contributed by atoms with Crippen LogP contribution in [0.2, 0.25) is 0 Å². The molecule has 0 saturated carbocycles. The van der Waals surface area contributed by atoms with Gasteiger partial charge in [-0.15, -0.1) is 0 Å². The second-order valence-electron chi connectivity index (χ2n) is 5.54. The molecule has 1 fully saturated rings. The molecule has 1 aliphatic heterocycles. The average molecular weight is 304 g/mol. The molecule has 1 aromatic heterocycles. The number of aromatic nitrogens is 1. The highest BCUT2D eigenvalue weighted by Gasteiger charge is 2.17. The minimum Gasteiger partial charge on any atom is -0.353 e. The monoisotopic (exact) mass is 304 g/mol. The normalized spacial score (nSPS) is 15.0. The van der Waals surface area contributed by atoms with Gasteiger partial charge in [0, 0.05) is 32.1 Å². The second-order valence-corrected chi connectivity index (χ2v) is 5.54. The number of rotatable bonds is 6. The zero-order valence-electron chi connectivity index (χ0n) is 13.3. The van der Waals surface area contributed by atoms with Crippen LogP contribution in [0.25, 0.3) is 0 Å². The fraction of sp³-hybridized carbons (Fsp3) is 0.562. The number of hydrogen-bond donors (Lipinski definition) is 1. The highest BCUT2D eigenvalue weighted by atomic mass is 16.2. The zero-order chi connectivity index (χ0) is 15.9. The van der Waals surface area contributed by atoms with Crippen LogP contribution in [0.4, 0.5) is 11.5 Å². The van der Waals surface area contributed by atoms with Crippen molar-refractivity contribution >= 4 is 23.8 Å². The molecule has 0 spiro atoms. The summed E-state index contributed by atoms with van der Waals surface area (Å²) in [6, 6.07) is 3.80. The Morgan fingerprint density at radius 1 is 1.27 bits per heavy atom. The summed E-state index contributed by atoms with van der Waals surface area (Å²) in [4.78, 5) is 31.1. The molecule has 0 atom stereocenters. The summed E-state index contributed by atoms with van der Waals surface area (Å²) >= 11 is 0. The average Bonchev–Trinajstić information content (AvgIpc) is 2.57. The Kier molecular flexibility index (Phi) is 5.75. The highest BCUT2D eigenvalue weighted by Crippen LogP contribution is 2.17. The molecular formula is C16H24N4O2. The number of nitrogens with zero attached hydrogens (tertiary/aromatic N) is 3. The predicted octanol–water partition coefficient (Wildman–Crippen LogP) is 1.73. The van der Waals surface area contributed by atoms with Crippen LogP contribution in [0.15, 0.2) is 18.3 Å². The molecule has 2 heterocycles. The van der Waals surface area contributed by atoms with Gasteiger partial charge in [-0.25, -0.2) is 4.98 Å². The van der Waals surface area contributed by atoms with Crippen molar-refractivity contribution < 1.29 is 9.59 Å². The molecular weight excluding hydrogens is 280 g/mol. The van der Waals surface area contributed by atoms with Gasteiger partial charge in [0.2, 0.25) is 12.3 Å². The van der Waals surface area contributed by atoms with Crippen molar-refractivity contribution in [3.8, 4) is 0 Å². The molecule has 2 amide bonds. The molecule has 0 bridgehead atoms. The van der Waals surface area contributed by atoms with E-state index in [4.69, 9.17) is 0 Å². The Morgan fingerprint density at radius 3 is 2.45 bits per heavy atom. The van der Waals surface area contributed by atoms with Crippen LogP contribution >= 0.6 is 0 Å². The minimum atomic E-state index is 0.0519.